The van der Waals surface area contributed by atoms with Crippen LogP contribution in [-0.2, 0) is 14.0 Å². The lowest BCUT2D eigenvalue weighted by Gasteiger charge is -2.47. The maximum atomic E-state index is 12.7. The first-order valence-corrected chi connectivity index (χ1v) is 12.3. The molecule has 7 heteroatoms. The van der Waals surface area contributed by atoms with Crippen LogP contribution >= 0.6 is 11.3 Å². The highest BCUT2D eigenvalue weighted by molar-refractivity contribution is 7.10. The summed E-state index contributed by atoms with van der Waals surface area (Å²) in [6.07, 6.45) is 2.37. The fourth-order valence-electron chi connectivity index (χ4n) is 3.07. The number of allylic oxidation sites excluding steroid dienone is 1. The summed E-state index contributed by atoms with van der Waals surface area (Å²) in [6.45, 7) is 8.41. The van der Waals surface area contributed by atoms with E-state index in [1.807, 2.05) is 24.4 Å². The van der Waals surface area contributed by atoms with Crippen LogP contribution in [0.25, 0.3) is 0 Å². The van der Waals surface area contributed by atoms with Crippen LogP contribution in [0.5, 0.6) is 0 Å². The number of hydrogen-bond acceptors (Lipinski definition) is 5. The molecule has 2 heterocycles. The molecule has 2 rings (SSSR count). The number of amides is 2. The highest BCUT2D eigenvalue weighted by Crippen LogP contribution is 2.42. The zero-order valence-corrected chi connectivity index (χ0v) is 17.2. The number of hydrogen-bond donors (Lipinski definition) is 0. The molecule has 0 radical (unpaired) electrons. The second-order valence-corrected chi connectivity index (χ2v) is 11.8. The minimum absolute atomic E-state index is 0.166. The van der Waals surface area contributed by atoms with Gasteiger partial charge in [0.15, 0.2) is 14.4 Å². The Labute approximate surface area is 154 Å². The van der Waals surface area contributed by atoms with Gasteiger partial charge in [-0.2, -0.15) is 0 Å². The molecule has 0 unspecified atom stereocenters. The Balaban J connectivity index is 2.20. The molecule has 0 aromatic carbocycles. The fraction of sp³-hybridized carbons (Fsp3) is 0.556. The second-order valence-electron chi connectivity index (χ2n) is 6.10. The number of ether oxygens (including phenoxy) is 1. The number of carbonyl (C=O) groups excluding carboxylic acids is 2. The molecule has 25 heavy (non-hydrogen) atoms. The number of carbonyl (C=O) groups is 2. The topological polar surface area (TPSA) is 55.8 Å². The van der Waals surface area contributed by atoms with Crippen LogP contribution in [0.4, 0.5) is 4.79 Å². The number of likely N-dealkylation sites (tertiary alicyclic amines) is 1. The SMILES string of the molecule is C/C=C/COC(=O)N1C(=O)[C@H](O[Si](CC)(CC)CC)[C@@H]1c1cccs1. The average Bonchev–Trinajstić information content (AvgIpc) is 3.15. The first kappa shape index (κ1) is 19.9. The zero-order chi connectivity index (χ0) is 18.4. The summed E-state index contributed by atoms with van der Waals surface area (Å²) in [5, 5.41) is 1.95. The van der Waals surface area contributed by atoms with Crippen molar-refractivity contribution in [2.45, 2.75) is 58.0 Å². The molecule has 0 saturated carbocycles. The third-order valence-corrected chi connectivity index (χ3v) is 10.5. The molecular weight excluding hydrogens is 354 g/mol. The van der Waals surface area contributed by atoms with Crippen LogP contribution in [0.3, 0.4) is 0 Å². The molecule has 1 aliphatic heterocycles. The van der Waals surface area contributed by atoms with Crippen LogP contribution < -0.4 is 0 Å². The maximum absolute atomic E-state index is 12.7. The van der Waals surface area contributed by atoms with Gasteiger partial charge in [-0.1, -0.05) is 39.0 Å². The number of rotatable bonds is 8. The van der Waals surface area contributed by atoms with Gasteiger partial charge >= 0.3 is 6.09 Å². The van der Waals surface area contributed by atoms with Crippen molar-refractivity contribution in [1.29, 1.82) is 0 Å². The Morgan fingerprint density at radius 1 is 1.32 bits per heavy atom. The van der Waals surface area contributed by atoms with Gasteiger partial charge in [0.1, 0.15) is 12.6 Å². The lowest BCUT2D eigenvalue weighted by molar-refractivity contribution is -0.160. The molecule has 0 N–H and O–H groups in total. The molecule has 5 nitrogen and oxygen atoms in total. The predicted molar refractivity (Wildman–Crippen MR) is 102 cm³/mol. The Morgan fingerprint density at radius 2 is 2.00 bits per heavy atom. The van der Waals surface area contributed by atoms with Gasteiger partial charge in [-0.3, -0.25) is 4.79 Å². The smallest absolute Gasteiger partial charge is 0.417 e. The highest BCUT2D eigenvalue weighted by atomic mass is 32.1. The number of β-lactam (4-membered cyclic amide) rings is 1. The number of imide groups is 1. The van der Waals surface area contributed by atoms with Crippen LogP contribution in [0.1, 0.15) is 38.6 Å². The normalized spacial score (nSPS) is 20.8. The molecule has 0 spiro atoms. The summed E-state index contributed by atoms with van der Waals surface area (Å²) < 4.78 is 11.6. The summed E-state index contributed by atoms with van der Waals surface area (Å²) in [6, 6.07) is 6.39. The van der Waals surface area contributed by atoms with Crippen LogP contribution in [0.15, 0.2) is 29.7 Å². The van der Waals surface area contributed by atoms with Crippen molar-refractivity contribution < 1.29 is 18.8 Å². The van der Waals surface area contributed by atoms with E-state index >= 15 is 0 Å². The van der Waals surface area contributed by atoms with Gasteiger partial charge in [0.05, 0.1) is 0 Å². The van der Waals surface area contributed by atoms with Crippen molar-refractivity contribution in [3.05, 3.63) is 34.5 Å². The van der Waals surface area contributed by atoms with Crippen molar-refractivity contribution in [2.75, 3.05) is 6.61 Å². The van der Waals surface area contributed by atoms with Crippen LogP contribution in [0.2, 0.25) is 18.1 Å². The van der Waals surface area contributed by atoms with Crippen molar-refractivity contribution in [3.8, 4) is 0 Å². The van der Waals surface area contributed by atoms with Gasteiger partial charge in [-0.05, 0) is 36.5 Å². The van der Waals surface area contributed by atoms with E-state index in [-0.39, 0.29) is 18.6 Å². The number of thiophene rings is 1. The molecule has 1 fully saturated rings. The third-order valence-electron chi connectivity index (χ3n) is 4.93. The van der Waals surface area contributed by atoms with Crippen LogP contribution in [0, 0.1) is 0 Å². The van der Waals surface area contributed by atoms with Gasteiger partial charge < -0.3 is 9.16 Å². The van der Waals surface area contributed by atoms with Gasteiger partial charge in [-0.25, -0.2) is 9.69 Å². The average molecular weight is 382 g/mol. The Bertz CT molecular complexity index is 604. The number of nitrogens with zero attached hydrogens (tertiary/aromatic N) is 1. The van der Waals surface area contributed by atoms with E-state index in [1.54, 1.807) is 12.2 Å². The fourth-order valence-corrected chi connectivity index (χ4v) is 6.68. The van der Waals surface area contributed by atoms with Crippen molar-refractivity contribution >= 4 is 31.7 Å². The van der Waals surface area contributed by atoms with Crippen LogP contribution in [-0.4, -0.2) is 37.9 Å². The van der Waals surface area contributed by atoms with E-state index in [2.05, 4.69) is 20.8 Å². The van der Waals surface area contributed by atoms with Gasteiger partial charge in [0.25, 0.3) is 5.91 Å². The van der Waals surface area contributed by atoms with Crippen molar-refractivity contribution in [3.63, 3.8) is 0 Å². The Kier molecular flexibility index (Phi) is 6.98. The monoisotopic (exact) mass is 381 g/mol. The van der Waals surface area contributed by atoms with Gasteiger partial charge in [0, 0.05) is 4.88 Å². The van der Waals surface area contributed by atoms with E-state index in [1.165, 1.54) is 16.2 Å². The third kappa shape index (κ3) is 4.04. The highest BCUT2D eigenvalue weighted by Gasteiger charge is 2.55. The molecule has 0 aliphatic carbocycles. The van der Waals surface area contributed by atoms with E-state index in [9.17, 15) is 9.59 Å². The largest absolute Gasteiger partial charge is 0.445 e. The molecule has 138 valence electrons. The minimum atomic E-state index is -1.95. The van der Waals surface area contributed by atoms with E-state index in [0.717, 1.165) is 23.0 Å². The molecule has 2 atom stereocenters. The molecule has 0 bridgehead atoms. The quantitative estimate of drug-likeness (QED) is 0.371. The van der Waals surface area contributed by atoms with E-state index in [4.69, 9.17) is 9.16 Å². The first-order valence-electron chi connectivity index (χ1n) is 8.85. The molecule has 1 saturated heterocycles. The predicted octanol–water partition coefficient (Wildman–Crippen LogP) is 4.73. The molecule has 2 amide bonds. The van der Waals surface area contributed by atoms with Crippen molar-refractivity contribution in [2.24, 2.45) is 0 Å². The van der Waals surface area contributed by atoms with Crippen molar-refractivity contribution in [1.82, 2.24) is 4.90 Å². The lowest BCUT2D eigenvalue weighted by Crippen LogP contribution is -2.64. The molecule has 1 aromatic rings. The molecule has 1 aromatic heterocycles. The summed E-state index contributed by atoms with van der Waals surface area (Å²) in [4.78, 5) is 27.2. The lowest BCUT2D eigenvalue weighted by atomic mass is 9.97. The summed E-state index contributed by atoms with van der Waals surface area (Å²) in [7, 11) is -1.95. The zero-order valence-electron chi connectivity index (χ0n) is 15.4. The minimum Gasteiger partial charge on any atom is -0.445 e. The molecule has 1 aliphatic rings. The van der Waals surface area contributed by atoms with E-state index < -0.39 is 20.5 Å². The van der Waals surface area contributed by atoms with Gasteiger partial charge in [0.2, 0.25) is 0 Å². The maximum Gasteiger partial charge on any atom is 0.417 e. The summed E-state index contributed by atoms with van der Waals surface area (Å²) in [5.41, 5.74) is 0. The first-order chi connectivity index (χ1) is 12.0. The Morgan fingerprint density at radius 3 is 2.52 bits per heavy atom. The summed E-state index contributed by atoms with van der Waals surface area (Å²) in [5.74, 6) is -0.281. The molecular formula is C18H27NO4SSi. The van der Waals surface area contributed by atoms with Gasteiger partial charge in [-0.15, -0.1) is 11.3 Å². The standard InChI is InChI=1S/C18H27NO4SSi/c1-5-9-12-22-18(21)19-15(14-11-10-13-24-14)16(17(19)20)23-25(6-2,7-3)8-4/h5,9-11,13,15-16H,6-8,12H2,1-4H3/b9-5+/t15-,16+/m0/s1. The van der Waals surface area contributed by atoms with E-state index in [0.29, 0.717) is 0 Å². The second kappa shape index (κ2) is 8.78. The Hall–Kier alpha value is -1.44. The summed E-state index contributed by atoms with van der Waals surface area (Å²) >= 11 is 1.53.